The van der Waals surface area contributed by atoms with Crippen LogP contribution < -0.4 is 5.73 Å². The number of hydrogen-bond acceptors (Lipinski definition) is 3. The number of nitrogens with two attached hydrogens (primary N) is 1. The molecule has 0 saturated carbocycles. The smallest absolute Gasteiger partial charge is 0.255 e. The Bertz CT molecular complexity index is 484. The number of nitrogen functional groups attached to an aromatic ring is 1. The largest absolute Gasteiger partial charge is 0.398 e. The first-order valence-corrected chi connectivity index (χ1v) is 7.45. The molecule has 0 aromatic heterocycles. The second kappa shape index (κ2) is 6.46. The van der Waals surface area contributed by atoms with Crippen molar-refractivity contribution in [2.75, 3.05) is 32.4 Å². The molecule has 20 heavy (non-hydrogen) atoms. The first kappa shape index (κ1) is 15.1. The molecule has 0 spiro atoms. The number of anilines is 1. The van der Waals surface area contributed by atoms with Crippen LogP contribution in [0.4, 0.5) is 5.69 Å². The predicted molar refractivity (Wildman–Crippen MR) is 83.1 cm³/mol. The Morgan fingerprint density at radius 3 is 2.70 bits per heavy atom. The van der Waals surface area contributed by atoms with Gasteiger partial charge in [0.25, 0.3) is 5.91 Å². The van der Waals surface area contributed by atoms with E-state index >= 15 is 0 Å². The topological polar surface area (TPSA) is 49.6 Å². The Labute approximate surface area is 125 Å². The fourth-order valence-electron chi connectivity index (χ4n) is 2.69. The second-order valence-electron chi connectivity index (χ2n) is 5.31. The average molecular weight is 296 g/mol. The van der Waals surface area contributed by atoms with E-state index in [0.29, 0.717) is 16.3 Å². The van der Waals surface area contributed by atoms with Gasteiger partial charge in [0.05, 0.1) is 5.56 Å². The van der Waals surface area contributed by atoms with Crippen LogP contribution in [-0.2, 0) is 0 Å². The van der Waals surface area contributed by atoms with Crippen LogP contribution in [0, 0.1) is 0 Å². The van der Waals surface area contributed by atoms with Crippen molar-refractivity contribution in [2.24, 2.45) is 0 Å². The quantitative estimate of drug-likeness (QED) is 0.872. The summed E-state index contributed by atoms with van der Waals surface area (Å²) < 4.78 is 0. The lowest BCUT2D eigenvalue weighted by atomic mass is 10.0. The molecule has 1 aliphatic heterocycles. The minimum atomic E-state index is -0.0417. The Morgan fingerprint density at radius 2 is 2.10 bits per heavy atom. The molecule has 1 aromatic carbocycles. The summed E-state index contributed by atoms with van der Waals surface area (Å²) in [5, 5.41) is 0.539. The van der Waals surface area contributed by atoms with Gasteiger partial charge in [-0.25, -0.2) is 0 Å². The summed E-state index contributed by atoms with van der Waals surface area (Å²) in [6.07, 6.45) is 2.02. The van der Waals surface area contributed by atoms with Crippen molar-refractivity contribution < 1.29 is 4.79 Å². The third kappa shape index (κ3) is 3.25. The Morgan fingerprint density at radius 1 is 1.45 bits per heavy atom. The Balaban J connectivity index is 2.07. The van der Waals surface area contributed by atoms with Crippen LogP contribution in [0.5, 0.6) is 0 Å². The van der Waals surface area contributed by atoms with Gasteiger partial charge in [-0.15, -0.1) is 0 Å². The number of benzene rings is 1. The van der Waals surface area contributed by atoms with Crippen LogP contribution in [0.1, 0.15) is 30.1 Å². The van der Waals surface area contributed by atoms with Crippen molar-refractivity contribution in [3.63, 3.8) is 0 Å². The normalized spacial score (nSPS) is 17.1. The van der Waals surface area contributed by atoms with Gasteiger partial charge in [-0.3, -0.25) is 4.79 Å². The van der Waals surface area contributed by atoms with Crippen molar-refractivity contribution in [3.8, 4) is 0 Å². The lowest BCUT2D eigenvalue weighted by Crippen LogP contribution is -2.45. The van der Waals surface area contributed by atoms with Gasteiger partial charge in [-0.1, -0.05) is 18.5 Å². The highest BCUT2D eigenvalue weighted by Gasteiger charge is 2.26. The van der Waals surface area contributed by atoms with Crippen LogP contribution >= 0.6 is 11.6 Å². The molecule has 1 heterocycles. The van der Waals surface area contributed by atoms with Crippen molar-refractivity contribution >= 4 is 23.2 Å². The van der Waals surface area contributed by atoms with Gasteiger partial charge in [-0.05, 0) is 37.6 Å². The molecule has 110 valence electrons. The monoisotopic (exact) mass is 295 g/mol. The molecule has 0 aliphatic carbocycles. The van der Waals surface area contributed by atoms with Crippen molar-refractivity contribution in [1.82, 2.24) is 9.80 Å². The molecule has 1 saturated heterocycles. The molecule has 0 unspecified atom stereocenters. The maximum atomic E-state index is 12.5. The zero-order valence-electron chi connectivity index (χ0n) is 12.1. The summed E-state index contributed by atoms with van der Waals surface area (Å²) in [7, 11) is 1.86. The van der Waals surface area contributed by atoms with Gasteiger partial charge in [0, 0.05) is 36.9 Å². The number of carbonyl (C=O) groups excluding carboxylic acids is 1. The third-order valence-corrected chi connectivity index (χ3v) is 4.35. The van der Waals surface area contributed by atoms with Crippen molar-refractivity contribution in [1.29, 1.82) is 0 Å². The zero-order valence-corrected chi connectivity index (χ0v) is 12.9. The summed E-state index contributed by atoms with van der Waals surface area (Å²) in [4.78, 5) is 16.8. The van der Waals surface area contributed by atoms with E-state index in [1.54, 1.807) is 18.2 Å². The van der Waals surface area contributed by atoms with E-state index in [-0.39, 0.29) is 11.9 Å². The molecule has 1 fully saturated rings. The lowest BCUT2D eigenvalue weighted by molar-refractivity contribution is 0.0648. The Hall–Kier alpha value is -1.26. The lowest BCUT2D eigenvalue weighted by Gasteiger charge is -2.36. The standard InChI is InChI=1S/C15H22ClN3O/c1-3-19-8-6-12(7-9-19)18(2)15(20)13-10-11(16)4-5-14(13)17/h4-5,10,12H,3,6-9,17H2,1-2H3. The Kier molecular flexibility index (Phi) is 4.89. The highest BCUT2D eigenvalue weighted by atomic mass is 35.5. The summed E-state index contributed by atoms with van der Waals surface area (Å²) >= 11 is 5.96. The zero-order chi connectivity index (χ0) is 14.7. The van der Waals surface area contributed by atoms with Crippen molar-refractivity contribution in [2.45, 2.75) is 25.8 Å². The van der Waals surface area contributed by atoms with Crippen LogP contribution in [0.2, 0.25) is 5.02 Å². The molecule has 0 atom stereocenters. The maximum Gasteiger partial charge on any atom is 0.255 e. The summed E-state index contributed by atoms with van der Waals surface area (Å²) in [5.74, 6) is -0.0417. The molecule has 0 radical (unpaired) electrons. The molecule has 2 N–H and O–H groups in total. The second-order valence-corrected chi connectivity index (χ2v) is 5.75. The van der Waals surface area contributed by atoms with E-state index in [0.717, 1.165) is 32.5 Å². The molecule has 1 aromatic rings. The molecule has 2 rings (SSSR count). The maximum absolute atomic E-state index is 12.5. The van der Waals surface area contributed by atoms with Crippen LogP contribution in [-0.4, -0.2) is 48.4 Å². The highest BCUT2D eigenvalue weighted by molar-refractivity contribution is 6.31. The summed E-state index contributed by atoms with van der Waals surface area (Å²) in [5.41, 5.74) is 6.87. The molecule has 0 bridgehead atoms. The minimum absolute atomic E-state index is 0.0417. The van der Waals surface area contributed by atoms with Gasteiger partial charge >= 0.3 is 0 Å². The van der Waals surface area contributed by atoms with E-state index < -0.39 is 0 Å². The average Bonchev–Trinajstić information content (AvgIpc) is 2.48. The number of piperidine rings is 1. The van der Waals surface area contributed by atoms with Crippen LogP contribution in [0.15, 0.2) is 18.2 Å². The number of amides is 1. The van der Waals surface area contributed by atoms with E-state index in [2.05, 4.69) is 11.8 Å². The fourth-order valence-corrected chi connectivity index (χ4v) is 2.86. The van der Waals surface area contributed by atoms with E-state index in [9.17, 15) is 4.79 Å². The van der Waals surface area contributed by atoms with Crippen molar-refractivity contribution in [3.05, 3.63) is 28.8 Å². The predicted octanol–water partition coefficient (Wildman–Crippen LogP) is 2.48. The van der Waals surface area contributed by atoms with E-state index in [1.807, 2.05) is 11.9 Å². The molecular formula is C15H22ClN3O. The van der Waals surface area contributed by atoms with Gasteiger partial charge in [0.1, 0.15) is 0 Å². The minimum Gasteiger partial charge on any atom is -0.398 e. The van der Waals surface area contributed by atoms with E-state index in [1.165, 1.54) is 0 Å². The van der Waals surface area contributed by atoms with Crippen LogP contribution in [0.3, 0.4) is 0 Å². The number of halogens is 1. The fraction of sp³-hybridized carbons (Fsp3) is 0.533. The SMILES string of the molecule is CCN1CCC(N(C)C(=O)c2cc(Cl)ccc2N)CC1. The molecule has 5 heteroatoms. The number of rotatable bonds is 3. The first-order chi connectivity index (χ1) is 9.52. The molecule has 1 amide bonds. The van der Waals surface area contributed by atoms with Gasteiger partial charge in [0.15, 0.2) is 0 Å². The number of carbonyl (C=O) groups is 1. The molecule has 1 aliphatic rings. The van der Waals surface area contributed by atoms with Gasteiger partial charge < -0.3 is 15.5 Å². The van der Waals surface area contributed by atoms with Gasteiger partial charge in [0.2, 0.25) is 0 Å². The first-order valence-electron chi connectivity index (χ1n) is 7.07. The van der Waals surface area contributed by atoms with Gasteiger partial charge in [-0.2, -0.15) is 0 Å². The number of hydrogen-bond donors (Lipinski definition) is 1. The summed E-state index contributed by atoms with van der Waals surface area (Å²) in [6, 6.07) is 5.32. The highest BCUT2D eigenvalue weighted by Crippen LogP contribution is 2.22. The van der Waals surface area contributed by atoms with Crippen LogP contribution in [0.25, 0.3) is 0 Å². The number of nitrogens with zero attached hydrogens (tertiary/aromatic N) is 2. The molecular weight excluding hydrogens is 274 g/mol. The third-order valence-electron chi connectivity index (χ3n) is 4.12. The summed E-state index contributed by atoms with van der Waals surface area (Å²) in [6.45, 7) is 5.33. The van der Waals surface area contributed by atoms with E-state index in [4.69, 9.17) is 17.3 Å². The molecule has 4 nitrogen and oxygen atoms in total. The number of likely N-dealkylation sites (tertiary alicyclic amines) is 1.